The second kappa shape index (κ2) is 17.2. The monoisotopic (exact) mass is 715 g/mol. The maximum atomic E-state index is 14.9. The zero-order chi connectivity index (χ0) is 37.9. The van der Waals surface area contributed by atoms with Crippen molar-refractivity contribution >= 4 is 29.4 Å². The number of rotatable bonds is 15. The minimum atomic E-state index is -5.04. The normalized spacial score (nSPS) is 13.2. The Morgan fingerprint density at radius 1 is 0.824 bits per heavy atom. The van der Waals surface area contributed by atoms with Gasteiger partial charge in [-0.3, -0.25) is 24.0 Å². The number of nitriles is 1. The summed E-state index contributed by atoms with van der Waals surface area (Å²) in [4.78, 5) is 65.7. The number of hydrogen-bond acceptors (Lipinski definition) is 7. The van der Waals surface area contributed by atoms with E-state index in [1.54, 1.807) is 30.3 Å². The number of Topliss-reactive ketones (excluding diaryl/α,β-unsaturated/α-hetero) is 1. The fourth-order valence-electron chi connectivity index (χ4n) is 4.75. The Morgan fingerprint density at radius 3 is 2.04 bits per heavy atom. The molecule has 3 aromatic carbocycles. The van der Waals surface area contributed by atoms with Crippen LogP contribution in [0.25, 0.3) is 0 Å². The average Bonchev–Trinajstić information content (AvgIpc) is 3.10. The molecular weight excluding hydrogens is 681 g/mol. The van der Waals surface area contributed by atoms with Gasteiger partial charge in [0.15, 0.2) is 0 Å². The van der Waals surface area contributed by atoms with Crippen LogP contribution in [0.1, 0.15) is 46.9 Å². The van der Waals surface area contributed by atoms with Crippen molar-refractivity contribution < 1.29 is 50.7 Å². The molecule has 0 spiro atoms. The number of halogens is 5. The summed E-state index contributed by atoms with van der Waals surface area (Å²) in [5.41, 5.74) is 1.00. The molecule has 4 amide bonds. The van der Waals surface area contributed by atoms with Crippen LogP contribution in [0.5, 0.6) is 5.75 Å². The number of hydrogen-bond donors (Lipinski definition) is 4. The molecule has 0 aliphatic carbocycles. The first-order valence-corrected chi connectivity index (χ1v) is 15.3. The minimum Gasteiger partial charge on any atom is -0.497 e. The number of nitrogens with one attached hydrogen (secondary N) is 4. The van der Waals surface area contributed by atoms with E-state index in [-0.39, 0.29) is 23.1 Å². The van der Waals surface area contributed by atoms with Crippen molar-refractivity contribution in [3.8, 4) is 11.8 Å². The Balaban J connectivity index is 1.97. The number of carbonyl (C=O) groups is 5. The summed E-state index contributed by atoms with van der Waals surface area (Å²) in [6.45, 7) is 0.373. The molecule has 0 saturated heterocycles. The molecular formula is C35H34F5N5O6. The molecule has 3 aromatic rings. The lowest BCUT2D eigenvalue weighted by atomic mass is 9.94. The van der Waals surface area contributed by atoms with Crippen LogP contribution in [-0.4, -0.2) is 67.2 Å². The zero-order valence-corrected chi connectivity index (χ0v) is 27.5. The van der Waals surface area contributed by atoms with E-state index in [1.165, 1.54) is 69.5 Å². The van der Waals surface area contributed by atoms with Crippen molar-refractivity contribution in [3.05, 3.63) is 101 Å². The van der Waals surface area contributed by atoms with Gasteiger partial charge < -0.3 is 26.0 Å². The third kappa shape index (κ3) is 11.1. The largest absolute Gasteiger partial charge is 0.497 e. The van der Waals surface area contributed by atoms with Crippen molar-refractivity contribution in [1.82, 2.24) is 21.3 Å². The predicted octanol–water partition coefficient (Wildman–Crippen LogP) is 3.79. The first kappa shape index (κ1) is 39.6. The van der Waals surface area contributed by atoms with E-state index in [2.05, 4.69) is 16.0 Å². The highest BCUT2D eigenvalue weighted by Crippen LogP contribution is 2.24. The molecule has 0 aliphatic heterocycles. The smallest absolute Gasteiger partial charge is 0.405 e. The molecule has 0 heterocycles. The Labute approximate surface area is 289 Å². The zero-order valence-electron chi connectivity index (χ0n) is 27.5. The molecule has 0 aromatic heterocycles. The van der Waals surface area contributed by atoms with Gasteiger partial charge in [-0.15, -0.1) is 0 Å². The Morgan fingerprint density at radius 2 is 1.47 bits per heavy atom. The standard InChI is InChI=1S/C35H34F5N5O6/c1-20(2)27(29(46)35(39,40)33(50)42-19-34(36,37)38)44-32(49)28(23-12-14-25(51-3)15-13-23)45-31(48)26(17-21-8-7-9-22(16-21)18-41)43-30(47)24-10-5-4-6-11-24/h4-16,20,26-28H,17,19H2,1-3H3,(H,42,50)(H,43,47)(H,44,49)(H,45,48)/t26-,27-,28-/m0/s1. The number of benzene rings is 3. The highest BCUT2D eigenvalue weighted by Gasteiger charge is 2.52. The van der Waals surface area contributed by atoms with Gasteiger partial charge in [-0.25, -0.2) is 0 Å². The van der Waals surface area contributed by atoms with Gasteiger partial charge in [0.1, 0.15) is 24.4 Å². The van der Waals surface area contributed by atoms with Gasteiger partial charge in [-0.2, -0.15) is 27.2 Å². The lowest BCUT2D eigenvalue weighted by Crippen LogP contribution is -2.58. The molecule has 0 bridgehead atoms. The molecule has 3 atom stereocenters. The first-order valence-electron chi connectivity index (χ1n) is 15.3. The van der Waals surface area contributed by atoms with Gasteiger partial charge in [0.25, 0.3) is 11.8 Å². The lowest BCUT2D eigenvalue weighted by Gasteiger charge is -2.28. The van der Waals surface area contributed by atoms with Gasteiger partial charge in [0.2, 0.25) is 17.6 Å². The second-order valence-electron chi connectivity index (χ2n) is 11.6. The highest BCUT2D eigenvalue weighted by atomic mass is 19.4. The van der Waals surface area contributed by atoms with Crippen molar-refractivity contribution in [3.63, 3.8) is 0 Å². The number of ketones is 1. The Bertz CT molecular complexity index is 1760. The van der Waals surface area contributed by atoms with Crippen molar-refractivity contribution in [1.29, 1.82) is 5.26 Å². The van der Waals surface area contributed by atoms with Crippen LogP contribution in [0, 0.1) is 17.2 Å². The second-order valence-corrected chi connectivity index (χ2v) is 11.6. The third-order valence-corrected chi connectivity index (χ3v) is 7.44. The van der Waals surface area contributed by atoms with E-state index in [9.17, 15) is 51.2 Å². The van der Waals surface area contributed by atoms with Gasteiger partial charge >= 0.3 is 12.1 Å². The highest BCUT2D eigenvalue weighted by molar-refractivity contribution is 6.11. The van der Waals surface area contributed by atoms with Gasteiger partial charge in [-0.05, 0) is 53.4 Å². The summed E-state index contributed by atoms with van der Waals surface area (Å²) in [5.74, 6) is -13.2. The van der Waals surface area contributed by atoms with E-state index >= 15 is 0 Å². The lowest BCUT2D eigenvalue weighted by molar-refractivity contribution is -0.165. The van der Waals surface area contributed by atoms with E-state index in [0.717, 1.165) is 5.32 Å². The number of methoxy groups -OCH3 is 1. The molecule has 0 saturated carbocycles. The molecule has 16 heteroatoms. The molecule has 0 radical (unpaired) electrons. The van der Waals surface area contributed by atoms with Crippen LogP contribution in [0.4, 0.5) is 22.0 Å². The van der Waals surface area contributed by atoms with Gasteiger partial charge in [0, 0.05) is 12.0 Å². The minimum absolute atomic E-state index is 0.0749. The van der Waals surface area contributed by atoms with Crippen molar-refractivity contribution in [2.45, 2.75) is 50.5 Å². The molecule has 4 N–H and O–H groups in total. The van der Waals surface area contributed by atoms with E-state index in [1.807, 2.05) is 6.07 Å². The molecule has 11 nitrogen and oxygen atoms in total. The number of nitrogens with zero attached hydrogens (tertiary/aromatic N) is 1. The van der Waals surface area contributed by atoms with E-state index < -0.39 is 72.1 Å². The predicted molar refractivity (Wildman–Crippen MR) is 172 cm³/mol. The van der Waals surface area contributed by atoms with Crippen molar-refractivity contribution in [2.24, 2.45) is 5.92 Å². The van der Waals surface area contributed by atoms with Crippen molar-refractivity contribution in [2.75, 3.05) is 13.7 Å². The fraction of sp³-hybridized carbons (Fsp3) is 0.314. The van der Waals surface area contributed by atoms with E-state index in [4.69, 9.17) is 4.74 Å². The SMILES string of the molecule is COc1ccc([C@H](NC(=O)[C@H](Cc2cccc(C#N)c2)NC(=O)c2ccccc2)C(=O)N[C@H](C(=O)C(F)(F)C(=O)NCC(F)(F)F)C(C)C)cc1. The number of carbonyl (C=O) groups excluding carboxylic acids is 5. The molecule has 0 aliphatic rings. The number of amides is 4. The molecule has 0 unspecified atom stereocenters. The van der Waals surface area contributed by atoms with Crippen LogP contribution in [0.15, 0.2) is 78.9 Å². The van der Waals surface area contributed by atoms with Crippen LogP contribution in [-0.2, 0) is 25.6 Å². The summed E-state index contributed by atoms with van der Waals surface area (Å²) < 4.78 is 72.5. The summed E-state index contributed by atoms with van der Waals surface area (Å²) in [7, 11) is 1.37. The quantitative estimate of drug-likeness (QED) is 0.137. The molecule has 3 rings (SSSR count). The van der Waals surface area contributed by atoms with E-state index in [0.29, 0.717) is 11.3 Å². The molecule has 270 valence electrons. The maximum Gasteiger partial charge on any atom is 0.405 e. The Kier molecular flexibility index (Phi) is 13.3. The van der Waals surface area contributed by atoms with Gasteiger partial charge in [0.05, 0.1) is 24.8 Å². The Hall–Kier alpha value is -5.85. The number of ether oxygens (including phenoxy) is 1. The summed E-state index contributed by atoms with van der Waals surface area (Å²) >= 11 is 0. The van der Waals surface area contributed by atoms with Crippen LogP contribution in [0.3, 0.4) is 0 Å². The first-order chi connectivity index (χ1) is 24.0. The van der Waals surface area contributed by atoms with Crippen LogP contribution >= 0.6 is 0 Å². The summed E-state index contributed by atoms with van der Waals surface area (Å²) in [5, 5.41) is 17.5. The third-order valence-electron chi connectivity index (χ3n) is 7.44. The van der Waals surface area contributed by atoms with Crippen LogP contribution < -0.4 is 26.0 Å². The topological polar surface area (TPSA) is 166 Å². The van der Waals surface area contributed by atoms with Crippen LogP contribution in [0.2, 0.25) is 0 Å². The summed E-state index contributed by atoms with van der Waals surface area (Å²) in [6, 6.07) is 16.4. The maximum absolute atomic E-state index is 14.9. The van der Waals surface area contributed by atoms with Gasteiger partial charge in [-0.1, -0.05) is 56.3 Å². The fourth-order valence-corrected chi connectivity index (χ4v) is 4.75. The molecule has 51 heavy (non-hydrogen) atoms. The summed E-state index contributed by atoms with van der Waals surface area (Å²) in [6.07, 6.45) is -5.20. The number of alkyl halides is 5. The molecule has 0 fully saturated rings. The average molecular weight is 716 g/mol.